The Bertz CT molecular complexity index is 2060. The molecule has 30 atom stereocenters. The van der Waals surface area contributed by atoms with Gasteiger partial charge < -0.3 is 149 Å². The van der Waals surface area contributed by atoms with E-state index in [0.29, 0.717) is 0 Å². The fourth-order valence-electron chi connectivity index (χ4n) is 11.4. The summed E-state index contributed by atoms with van der Waals surface area (Å²) in [7, 11) is 1.23. The minimum absolute atomic E-state index is 0.00814. The lowest BCUT2D eigenvalue weighted by molar-refractivity contribution is -0.376. The van der Waals surface area contributed by atoms with E-state index in [9.17, 15) is 85.6 Å². The van der Waals surface area contributed by atoms with Crippen LogP contribution in [0.5, 0.6) is 0 Å². The topological polar surface area (TPSA) is 492 Å². The molecule has 6 fully saturated rings. The largest absolute Gasteiger partial charge is 0.394 e. The summed E-state index contributed by atoms with van der Waals surface area (Å²) < 4.78 is 72.3. The number of nitrogens with one attached hydrogen (secondary N) is 2. The molecule has 6 aliphatic rings. The average molecular weight is 1210 g/mol. The van der Waals surface area contributed by atoms with Gasteiger partial charge in [-0.2, -0.15) is 0 Å². The van der Waals surface area contributed by atoms with Crippen LogP contribution in [-0.4, -0.2) is 302 Å². The molecule has 0 aromatic carbocycles. The number of ketones is 2. The number of hydrogen-bond donors (Lipinski definition) is 16. The average Bonchev–Trinajstić information content (AvgIpc) is 3.45. The molecule has 0 saturated carbocycles. The van der Waals surface area contributed by atoms with Gasteiger partial charge in [-0.1, -0.05) is 0 Å². The van der Waals surface area contributed by atoms with Crippen molar-refractivity contribution >= 4 is 23.4 Å². The van der Waals surface area contributed by atoms with Crippen molar-refractivity contribution in [1.82, 2.24) is 10.6 Å². The van der Waals surface area contributed by atoms with Crippen molar-refractivity contribution in [2.45, 2.75) is 245 Å². The molecule has 83 heavy (non-hydrogen) atoms. The summed E-state index contributed by atoms with van der Waals surface area (Å²) in [6, 6.07) is -4.61. The molecule has 17 N–H and O–H groups in total. The molecule has 2 amide bonds. The number of carbonyl (C=O) groups excluding carboxylic acids is 4. The predicted molar refractivity (Wildman–Crippen MR) is 272 cm³/mol. The molecule has 32 nitrogen and oxygen atoms in total. The number of aliphatic hydroxyl groups is 13. The molecule has 0 bridgehead atoms. The molecule has 0 unspecified atom stereocenters. The van der Waals surface area contributed by atoms with Crippen LogP contribution in [0.4, 0.5) is 0 Å². The van der Waals surface area contributed by atoms with Gasteiger partial charge in [-0.3, -0.25) is 9.59 Å². The Kier molecular flexibility index (Phi) is 26.3. The summed E-state index contributed by atoms with van der Waals surface area (Å²) in [5.74, 6) is -4.31. The molecule has 6 rings (SSSR count). The molecule has 6 heterocycles. The molecule has 0 radical (unpaired) electrons. The summed E-state index contributed by atoms with van der Waals surface area (Å²) in [5.41, 5.74) is 6.12. The third-order valence-electron chi connectivity index (χ3n) is 16.0. The maximum Gasteiger partial charge on any atom is 0.217 e. The second-order valence-corrected chi connectivity index (χ2v) is 22.1. The first kappa shape index (κ1) is 69.3. The number of rotatable bonds is 26. The van der Waals surface area contributed by atoms with Crippen LogP contribution in [0.1, 0.15) is 73.1 Å². The maximum atomic E-state index is 12.9. The second-order valence-electron chi connectivity index (χ2n) is 22.1. The summed E-state index contributed by atoms with van der Waals surface area (Å²) in [5, 5.41) is 149. The van der Waals surface area contributed by atoms with E-state index in [0.717, 1.165) is 13.8 Å². The van der Waals surface area contributed by atoms with Gasteiger partial charge in [0.25, 0.3) is 0 Å². The fourth-order valence-corrected chi connectivity index (χ4v) is 11.4. The highest BCUT2D eigenvalue weighted by Gasteiger charge is 2.57. The lowest BCUT2D eigenvalue weighted by Crippen LogP contribution is -2.69. The normalized spacial score (nSPS) is 45.1. The molecule has 0 spiro atoms. The Morgan fingerprint density at radius 2 is 0.880 bits per heavy atom. The van der Waals surface area contributed by atoms with E-state index in [1.165, 1.54) is 27.9 Å². The Morgan fingerprint density at radius 3 is 1.35 bits per heavy atom. The summed E-state index contributed by atoms with van der Waals surface area (Å²) in [6.45, 7) is 2.29. The standard InChI is InChI=1S/C51H87N3O29/c1-18(59)9-7-11-23-34(64)41(82-49-30(52)37(67)36(66)25(13-55)76-49)26(14-56)77-47(23)80-43-28(16-58)79-50(32(39(43)69)54-22(5)62)83-42-27(15-57)78-48(24(35(42)65)12-8-10-19(2)60)81-44-29(75-46(71)31(38(44)68)53-21(4)61)17-73-51-45(72-6)40(70)33(63)20(3)74-51/h20,23-51,55-58,63-71H,7-17,52H2,1-6H3,(H,53,61)(H,54,62)/t20-,23+,24+,25+,26+,27+,28+,29+,30+,31+,32+,33+,34+,35+,36+,37+,38+,39+,40+,41+,42+,43+,44+,45-,46+,47-,48-,49-,50-,51+/m0/s1. The molecule has 0 aromatic rings. The molecule has 32 heteroatoms. The molecule has 480 valence electrons. The minimum atomic E-state index is -1.92. The summed E-state index contributed by atoms with van der Waals surface area (Å²) >= 11 is 0. The zero-order chi connectivity index (χ0) is 61.3. The Balaban J connectivity index is 1.26. The number of methoxy groups -OCH3 is 1. The van der Waals surface area contributed by atoms with Crippen molar-refractivity contribution in [1.29, 1.82) is 0 Å². The first-order chi connectivity index (χ1) is 39.3. The highest BCUT2D eigenvalue weighted by atomic mass is 16.8. The van der Waals surface area contributed by atoms with Crippen molar-refractivity contribution in [3.05, 3.63) is 0 Å². The van der Waals surface area contributed by atoms with Crippen LogP contribution in [0.15, 0.2) is 0 Å². The van der Waals surface area contributed by atoms with Gasteiger partial charge in [0, 0.05) is 45.6 Å². The van der Waals surface area contributed by atoms with Gasteiger partial charge in [-0.25, -0.2) is 0 Å². The van der Waals surface area contributed by atoms with E-state index in [2.05, 4.69) is 10.6 Å². The van der Waals surface area contributed by atoms with Gasteiger partial charge in [0.2, 0.25) is 11.8 Å². The number of amides is 2. The Morgan fingerprint density at radius 1 is 0.458 bits per heavy atom. The van der Waals surface area contributed by atoms with Crippen molar-refractivity contribution in [2.75, 3.05) is 40.1 Å². The Labute approximate surface area is 478 Å². The van der Waals surface area contributed by atoms with Crippen LogP contribution in [0.2, 0.25) is 0 Å². The highest BCUT2D eigenvalue weighted by Crippen LogP contribution is 2.40. The lowest BCUT2D eigenvalue weighted by Gasteiger charge is -2.51. The first-order valence-corrected chi connectivity index (χ1v) is 27.8. The summed E-state index contributed by atoms with van der Waals surface area (Å²) in [6.07, 6.45) is -39.1. The first-order valence-electron chi connectivity index (χ1n) is 27.8. The number of nitrogens with two attached hydrogens (primary N) is 1. The number of ether oxygens (including phenoxy) is 12. The van der Waals surface area contributed by atoms with Crippen molar-refractivity contribution in [2.24, 2.45) is 17.6 Å². The van der Waals surface area contributed by atoms with Crippen LogP contribution < -0.4 is 16.4 Å². The number of aliphatic hydroxyl groups excluding tert-OH is 13. The predicted octanol–water partition coefficient (Wildman–Crippen LogP) is -8.14. The molecule has 0 aliphatic carbocycles. The molecular formula is C51H87N3O29. The monoisotopic (exact) mass is 1210 g/mol. The van der Waals surface area contributed by atoms with Crippen LogP contribution in [0.3, 0.4) is 0 Å². The van der Waals surface area contributed by atoms with Gasteiger partial charge in [0.05, 0.1) is 57.4 Å². The van der Waals surface area contributed by atoms with Crippen LogP contribution in [-0.2, 0) is 76.0 Å². The van der Waals surface area contributed by atoms with E-state index in [1.54, 1.807) is 0 Å². The third kappa shape index (κ3) is 16.7. The number of carbonyl (C=O) groups is 4. The van der Waals surface area contributed by atoms with Gasteiger partial charge in [-0.05, 0) is 46.5 Å². The van der Waals surface area contributed by atoms with E-state index >= 15 is 0 Å². The number of hydrogen-bond acceptors (Lipinski definition) is 30. The van der Waals surface area contributed by atoms with Crippen molar-refractivity contribution in [3.63, 3.8) is 0 Å². The van der Waals surface area contributed by atoms with Gasteiger partial charge in [0.15, 0.2) is 37.7 Å². The van der Waals surface area contributed by atoms with Gasteiger partial charge >= 0.3 is 0 Å². The number of Topliss-reactive ketones (excluding diaryl/α,β-unsaturated/α-hetero) is 2. The molecular weight excluding hydrogens is 1120 g/mol. The Hall–Kier alpha value is -2.76. The fraction of sp³-hybridized carbons (Fsp3) is 0.922. The van der Waals surface area contributed by atoms with Gasteiger partial charge in [-0.15, -0.1) is 0 Å². The lowest BCUT2D eigenvalue weighted by atomic mass is 9.85. The molecule has 6 saturated heterocycles. The van der Waals surface area contributed by atoms with Gasteiger partial charge in [0.1, 0.15) is 121 Å². The third-order valence-corrected chi connectivity index (χ3v) is 16.0. The zero-order valence-corrected chi connectivity index (χ0v) is 47.0. The minimum Gasteiger partial charge on any atom is -0.394 e. The van der Waals surface area contributed by atoms with E-state index < -0.39 is 229 Å². The zero-order valence-electron chi connectivity index (χ0n) is 47.0. The molecule has 6 aliphatic heterocycles. The van der Waals surface area contributed by atoms with Crippen molar-refractivity contribution < 1.29 is 142 Å². The smallest absolute Gasteiger partial charge is 0.217 e. The van der Waals surface area contributed by atoms with Crippen LogP contribution in [0, 0.1) is 11.8 Å². The second kappa shape index (κ2) is 31.4. The summed E-state index contributed by atoms with van der Waals surface area (Å²) in [4.78, 5) is 49.5. The quantitative estimate of drug-likeness (QED) is 0.0382. The SMILES string of the molecule is CO[C@@H]1[C@H](OC[C@H]2O[C@@H](O)[C@H](NC(C)=O)[C@@H](O)[C@@H]2O[C@@H]2O[C@H](CO)[C@@H](O[C@@H]3O[C@H](CO)[C@@H](O[C@@H]4O[C@H](CO)[C@@H](O[C@@H]5O[C@H](CO)[C@@H](O)[C@H](O)[C@H]5N)[C@H](O)[C@H]4CCCC(C)=O)[C@H](O)[C@H]3NC(C)=O)[C@H](O)[C@H]2CCCC(C)=O)O[C@@H](C)[C@@H](O)[C@H]1O. The van der Waals surface area contributed by atoms with E-state index in [4.69, 9.17) is 62.6 Å². The van der Waals surface area contributed by atoms with Crippen LogP contribution >= 0.6 is 0 Å². The highest BCUT2D eigenvalue weighted by molar-refractivity contribution is 5.75. The van der Waals surface area contributed by atoms with Crippen molar-refractivity contribution in [3.8, 4) is 0 Å². The van der Waals surface area contributed by atoms with E-state index in [-0.39, 0.29) is 50.1 Å². The molecule has 0 aromatic heterocycles. The van der Waals surface area contributed by atoms with E-state index in [1.807, 2.05) is 0 Å². The van der Waals surface area contributed by atoms with Crippen LogP contribution in [0.25, 0.3) is 0 Å². The maximum absolute atomic E-state index is 12.9.